The van der Waals surface area contributed by atoms with Gasteiger partial charge in [-0.05, 0) is 11.6 Å². The van der Waals surface area contributed by atoms with Gasteiger partial charge in [0, 0.05) is 17.5 Å². The van der Waals surface area contributed by atoms with Gasteiger partial charge < -0.3 is 4.74 Å². The molecule has 0 saturated heterocycles. The van der Waals surface area contributed by atoms with E-state index < -0.39 is 11.3 Å². The number of aromatic amines is 1. The van der Waals surface area contributed by atoms with Gasteiger partial charge in [-0.15, -0.1) is 0 Å². The van der Waals surface area contributed by atoms with Gasteiger partial charge in [0.15, 0.2) is 0 Å². The Balaban J connectivity index is 1.91. The zero-order valence-electron chi connectivity index (χ0n) is 13.1. The van der Waals surface area contributed by atoms with Crippen molar-refractivity contribution in [3.05, 3.63) is 52.4 Å². The monoisotopic (exact) mass is 361 g/mol. The Bertz CT molecular complexity index is 974. The summed E-state index contributed by atoms with van der Waals surface area (Å²) in [5.74, 6) is 0.233. The van der Waals surface area contributed by atoms with Crippen molar-refractivity contribution in [2.45, 2.75) is 6.54 Å². The number of hydrogen-bond acceptors (Lipinski definition) is 6. The van der Waals surface area contributed by atoms with Gasteiger partial charge in [0.2, 0.25) is 17.1 Å². The Hall–Kier alpha value is -2.66. The molecule has 0 radical (unpaired) electrons. The first-order valence-corrected chi connectivity index (χ1v) is 8.30. The standard InChI is InChI=1S/C15H15N5O4S/c1-24-15-13-11(8-16-19-14(13)21)6-12(18-15)10-4-2-9(3-5-10)7-17-20-25(22)23/h2-6,8,17,20H,7H2,1H3,(H,19,21)(H,22,23). The van der Waals surface area contributed by atoms with E-state index in [2.05, 4.69) is 25.4 Å². The van der Waals surface area contributed by atoms with Crippen LogP contribution in [0.4, 0.5) is 0 Å². The van der Waals surface area contributed by atoms with E-state index in [9.17, 15) is 9.00 Å². The third-order valence-corrected chi connectivity index (χ3v) is 3.83. The summed E-state index contributed by atoms with van der Waals surface area (Å²) in [5, 5.41) is 7.15. The van der Waals surface area contributed by atoms with Gasteiger partial charge in [0.1, 0.15) is 5.39 Å². The molecular weight excluding hydrogens is 346 g/mol. The van der Waals surface area contributed by atoms with Crippen LogP contribution in [-0.2, 0) is 17.8 Å². The maximum Gasteiger partial charge on any atom is 0.277 e. The predicted octanol–water partition coefficient (Wildman–Crippen LogP) is 0.725. The summed E-state index contributed by atoms with van der Waals surface area (Å²) in [4.78, 5) is 18.5. The number of fused-ring (bicyclic) bond motifs is 1. The number of rotatable bonds is 6. The minimum absolute atomic E-state index is 0.233. The number of hydrogen-bond donors (Lipinski definition) is 4. The summed E-state index contributed by atoms with van der Waals surface area (Å²) >= 11 is -2.11. The molecule has 0 fully saturated rings. The Morgan fingerprint density at radius 1 is 1.32 bits per heavy atom. The molecular formula is C15H15N5O4S. The highest BCUT2D eigenvalue weighted by Gasteiger charge is 2.11. The van der Waals surface area contributed by atoms with Gasteiger partial charge in [0.05, 0.1) is 19.0 Å². The SMILES string of the molecule is COc1nc(-c2ccc(CNNS(=O)O)cc2)cc2cn[nH]c(=O)c12. The second-order valence-electron chi connectivity index (χ2n) is 5.08. The highest BCUT2D eigenvalue weighted by molar-refractivity contribution is 7.77. The van der Waals surface area contributed by atoms with Crippen LogP contribution in [0, 0.1) is 0 Å². The van der Waals surface area contributed by atoms with E-state index in [-0.39, 0.29) is 11.4 Å². The average molecular weight is 361 g/mol. The number of methoxy groups -OCH3 is 1. The molecule has 130 valence electrons. The van der Waals surface area contributed by atoms with Crippen molar-refractivity contribution < 1.29 is 13.5 Å². The number of nitrogens with one attached hydrogen (secondary N) is 3. The van der Waals surface area contributed by atoms with E-state index in [0.29, 0.717) is 23.0 Å². The van der Waals surface area contributed by atoms with E-state index in [4.69, 9.17) is 9.29 Å². The van der Waals surface area contributed by atoms with Crippen LogP contribution in [0.5, 0.6) is 5.88 Å². The molecule has 2 aromatic heterocycles. The molecule has 10 heteroatoms. The molecule has 0 aliphatic carbocycles. The molecule has 1 aromatic carbocycles. The molecule has 3 aromatic rings. The minimum Gasteiger partial charge on any atom is -0.480 e. The molecule has 0 bridgehead atoms. The van der Waals surface area contributed by atoms with Crippen LogP contribution in [0.1, 0.15) is 5.56 Å². The zero-order chi connectivity index (χ0) is 17.8. The zero-order valence-corrected chi connectivity index (χ0v) is 14.0. The van der Waals surface area contributed by atoms with Gasteiger partial charge in [-0.3, -0.25) is 9.35 Å². The van der Waals surface area contributed by atoms with E-state index in [0.717, 1.165) is 11.1 Å². The summed E-state index contributed by atoms with van der Waals surface area (Å²) in [6, 6.07) is 9.21. The molecule has 0 spiro atoms. The molecule has 1 atom stereocenters. The third kappa shape index (κ3) is 3.88. The van der Waals surface area contributed by atoms with E-state index in [1.165, 1.54) is 7.11 Å². The summed E-state index contributed by atoms with van der Waals surface area (Å²) in [5.41, 5.74) is 4.66. The van der Waals surface area contributed by atoms with Gasteiger partial charge in [-0.2, -0.15) is 9.93 Å². The molecule has 1 unspecified atom stereocenters. The lowest BCUT2D eigenvalue weighted by Gasteiger charge is -2.08. The molecule has 25 heavy (non-hydrogen) atoms. The summed E-state index contributed by atoms with van der Waals surface area (Å²) < 4.78 is 24.4. The topological polar surface area (TPSA) is 129 Å². The van der Waals surface area contributed by atoms with Crippen LogP contribution >= 0.6 is 0 Å². The fourth-order valence-corrected chi connectivity index (χ4v) is 2.57. The number of aromatic nitrogens is 3. The van der Waals surface area contributed by atoms with Crippen LogP contribution in [0.3, 0.4) is 0 Å². The van der Waals surface area contributed by atoms with E-state index >= 15 is 0 Å². The third-order valence-electron chi connectivity index (χ3n) is 3.51. The number of nitrogens with zero attached hydrogens (tertiary/aromatic N) is 2. The molecule has 0 aliphatic heterocycles. The first kappa shape index (κ1) is 17.2. The van der Waals surface area contributed by atoms with Crippen molar-refractivity contribution in [3.63, 3.8) is 0 Å². The van der Waals surface area contributed by atoms with Crippen molar-refractivity contribution in [2.24, 2.45) is 0 Å². The quantitative estimate of drug-likeness (QED) is 0.376. The van der Waals surface area contributed by atoms with Crippen molar-refractivity contribution in [1.29, 1.82) is 0 Å². The fourth-order valence-electron chi connectivity index (χ4n) is 2.38. The smallest absolute Gasteiger partial charge is 0.277 e. The number of H-pyrrole nitrogens is 1. The second kappa shape index (κ2) is 7.49. The van der Waals surface area contributed by atoms with Gasteiger partial charge >= 0.3 is 0 Å². The molecule has 0 amide bonds. The average Bonchev–Trinajstić information content (AvgIpc) is 2.61. The normalized spacial score (nSPS) is 12.2. The first-order chi connectivity index (χ1) is 12.1. The number of benzene rings is 1. The maximum atomic E-state index is 11.9. The predicted molar refractivity (Wildman–Crippen MR) is 92.9 cm³/mol. The Morgan fingerprint density at radius 2 is 2.08 bits per heavy atom. The second-order valence-corrected chi connectivity index (χ2v) is 5.78. The number of ether oxygens (including phenoxy) is 1. The number of pyridine rings is 1. The van der Waals surface area contributed by atoms with Crippen LogP contribution in [-0.4, -0.2) is 31.1 Å². The summed E-state index contributed by atoms with van der Waals surface area (Å²) in [7, 11) is 1.46. The highest BCUT2D eigenvalue weighted by Crippen LogP contribution is 2.26. The summed E-state index contributed by atoms with van der Waals surface area (Å²) in [6.07, 6.45) is 1.55. The molecule has 0 saturated carbocycles. The molecule has 9 nitrogen and oxygen atoms in total. The molecule has 3 rings (SSSR count). The first-order valence-electron chi connectivity index (χ1n) is 7.19. The highest BCUT2D eigenvalue weighted by atomic mass is 32.2. The van der Waals surface area contributed by atoms with E-state index in [1.54, 1.807) is 12.3 Å². The van der Waals surface area contributed by atoms with Crippen LogP contribution in [0.2, 0.25) is 0 Å². The lowest BCUT2D eigenvalue weighted by atomic mass is 10.1. The van der Waals surface area contributed by atoms with Gasteiger partial charge in [-0.1, -0.05) is 24.3 Å². The molecule has 2 heterocycles. The maximum absolute atomic E-state index is 11.9. The van der Waals surface area contributed by atoms with Crippen molar-refractivity contribution in [1.82, 2.24) is 25.4 Å². The Morgan fingerprint density at radius 3 is 2.76 bits per heavy atom. The lowest BCUT2D eigenvalue weighted by Crippen LogP contribution is -2.32. The Labute approximate surface area is 144 Å². The summed E-state index contributed by atoms with van der Waals surface area (Å²) in [6.45, 7) is 0.375. The van der Waals surface area contributed by atoms with Gasteiger partial charge in [-0.25, -0.2) is 19.7 Å². The van der Waals surface area contributed by atoms with Gasteiger partial charge in [0.25, 0.3) is 5.56 Å². The Kier molecular flexibility index (Phi) is 5.14. The minimum atomic E-state index is -2.11. The largest absolute Gasteiger partial charge is 0.480 e. The molecule has 4 N–H and O–H groups in total. The molecule has 0 aliphatic rings. The van der Waals surface area contributed by atoms with Crippen LogP contribution < -0.4 is 20.6 Å². The van der Waals surface area contributed by atoms with Crippen molar-refractivity contribution in [2.75, 3.05) is 7.11 Å². The van der Waals surface area contributed by atoms with Crippen molar-refractivity contribution >= 4 is 22.0 Å². The van der Waals surface area contributed by atoms with Crippen LogP contribution in [0.25, 0.3) is 22.0 Å². The lowest BCUT2D eigenvalue weighted by molar-refractivity contribution is 0.403. The van der Waals surface area contributed by atoms with Crippen molar-refractivity contribution in [3.8, 4) is 17.1 Å². The fraction of sp³-hybridized carbons (Fsp3) is 0.133. The number of hydrazine groups is 1. The van der Waals surface area contributed by atoms with E-state index in [1.807, 2.05) is 24.3 Å². The van der Waals surface area contributed by atoms with Crippen LogP contribution in [0.15, 0.2) is 41.3 Å².